The minimum absolute atomic E-state index is 0.0283. The van der Waals surface area contributed by atoms with Gasteiger partial charge in [-0.25, -0.2) is 22.0 Å². The van der Waals surface area contributed by atoms with E-state index in [2.05, 4.69) is 14.9 Å². The van der Waals surface area contributed by atoms with Crippen LogP contribution in [0.25, 0.3) is 0 Å². The van der Waals surface area contributed by atoms with Gasteiger partial charge < -0.3 is 10.1 Å². The average Bonchev–Trinajstić information content (AvgIpc) is 2.92. The standard InChI is InChI=1S/C31H38F2N4O4S/c1-4-5-16-37(29-12-8-24(32)20-28(29)33)31(38)34-25-14-17-36(18-15-25)21-23-6-10-27(11-7-23)41-30-13-9-26(19-22(30)2)35-42(3,39)40/h6-13,19-20,25,35H,4-5,14-18,21H2,1-3H3,(H,34,38). The third kappa shape index (κ3) is 8.90. The van der Waals surface area contributed by atoms with Crippen LogP contribution in [0.1, 0.15) is 43.7 Å². The number of likely N-dealkylation sites (tertiary alicyclic amines) is 1. The summed E-state index contributed by atoms with van der Waals surface area (Å²) in [6, 6.07) is 15.9. The number of nitrogens with one attached hydrogen (secondary N) is 2. The molecule has 1 heterocycles. The molecule has 0 bridgehead atoms. The number of hydrogen-bond donors (Lipinski definition) is 2. The first-order valence-corrected chi connectivity index (χ1v) is 16.0. The summed E-state index contributed by atoms with van der Waals surface area (Å²) in [5.74, 6) is -0.103. The molecule has 8 nitrogen and oxygen atoms in total. The van der Waals surface area contributed by atoms with Gasteiger partial charge in [-0.1, -0.05) is 25.5 Å². The van der Waals surface area contributed by atoms with Crippen LogP contribution in [0, 0.1) is 18.6 Å². The minimum atomic E-state index is -3.35. The maximum atomic E-state index is 14.4. The third-order valence-corrected chi connectivity index (χ3v) is 7.74. The number of unbranched alkanes of at least 4 members (excludes halogenated alkanes) is 1. The van der Waals surface area contributed by atoms with Gasteiger partial charge in [0.15, 0.2) is 0 Å². The Bertz CT molecular complexity index is 1480. The zero-order chi connectivity index (χ0) is 30.3. The molecule has 1 fully saturated rings. The molecule has 1 aliphatic rings. The lowest BCUT2D eigenvalue weighted by atomic mass is 10.0. The molecule has 226 valence electrons. The summed E-state index contributed by atoms with van der Waals surface area (Å²) in [6.07, 6.45) is 4.20. The van der Waals surface area contributed by atoms with Crippen molar-refractivity contribution in [2.24, 2.45) is 0 Å². The number of aryl methyl sites for hydroxylation is 1. The first kappa shape index (κ1) is 31.2. The van der Waals surface area contributed by atoms with Gasteiger partial charge in [-0.2, -0.15) is 0 Å². The van der Waals surface area contributed by atoms with Crippen LogP contribution in [0.3, 0.4) is 0 Å². The van der Waals surface area contributed by atoms with E-state index in [1.54, 1.807) is 18.2 Å². The average molecular weight is 601 g/mol. The van der Waals surface area contributed by atoms with Gasteiger partial charge in [0.05, 0.1) is 11.9 Å². The predicted octanol–water partition coefficient (Wildman–Crippen LogP) is 6.42. The molecule has 4 rings (SSSR count). The Morgan fingerprint density at radius 1 is 1.05 bits per heavy atom. The number of piperidine rings is 1. The van der Waals surface area contributed by atoms with Crippen molar-refractivity contribution in [3.63, 3.8) is 0 Å². The largest absolute Gasteiger partial charge is 0.457 e. The quantitative estimate of drug-likeness (QED) is 0.265. The van der Waals surface area contributed by atoms with E-state index in [0.29, 0.717) is 30.2 Å². The summed E-state index contributed by atoms with van der Waals surface area (Å²) in [5, 5.41) is 3.05. The Morgan fingerprint density at radius 2 is 1.76 bits per heavy atom. The number of urea groups is 1. The highest BCUT2D eigenvalue weighted by atomic mass is 32.2. The smallest absolute Gasteiger partial charge is 0.322 e. The second kappa shape index (κ2) is 14.0. The molecule has 3 aromatic rings. The summed E-state index contributed by atoms with van der Waals surface area (Å²) in [6.45, 7) is 6.57. The Morgan fingerprint density at radius 3 is 2.38 bits per heavy atom. The number of anilines is 2. The number of amides is 2. The number of nitrogens with zero attached hydrogens (tertiary/aromatic N) is 2. The maximum Gasteiger partial charge on any atom is 0.322 e. The zero-order valence-electron chi connectivity index (χ0n) is 24.2. The Balaban J connectivity index is 1.27. The third-order valence-electron chi connectivity index (χ3n) is 7.13. The van der Waals surface area contributed by atoms with Crippen LogP contribution in [-0.4, -0.2) is 51.3 Å². The molecule has 1 aliphatic heterocycles. The van der Waals surface area contributed by atoms with Crippen LogP contribution in [-0.2, 0) is 16.6 Å². The topological polar surface area (TPSA) is 91.0 Å². The number of ether oxygens (including phenoxy) is 1. The monoisotopic (exact) mass is 600 g/mol. The fourth-order valence-electron chi connectivity index (χ4n) is 4.93. The molecule has 0 spiro atoms. The molecule has 0 radical (unpaired) electrons. The van der Waals surface area contributed by atoms with Crippen molar-refractivity contribution in [3.8, 4) is 11.5 Å². The summed E-state index contributed by atoms with van der Waals surface area (Å²) >= 11 is 0. The zero-order valence-corrected chi connectivity index (χ0v) is 25.0. The van der Waals surface area contributed by atoms with Crippen LogP contribution >= 0.6 is 0 Å². The van der Waals surface area contributed by atoms with Crippen LogP contribution < -0.4 is 19.7 Å². The number of sulfonamides is 1. The number of rotatable bonds is 11. The van der Waals surface area contributed by atoms with Gasteiger partial charge in [0.25, 0.3) is 0 Å². The van der Waals surface area contributed by atoms with Gasteiger partial charge >= 0.3 is 6.03 Å². The first-order chi connectivity index (χ1) is 20.0. The molecule has 3 aromatic carbocycles. The van der Waals surface area contributed by atoms with E-state index in [0.717, 1.165) is 62.3 Å². The van der Waals surface area contributed by atoms with Crippen LogP contribution in [0.5, 0.6) is 11.5 Å². The lowest BCUT2D eigenvalue weighted by Crippen LogP contribution is -2.49. The summed E-state index contributed by atoms with van der Waals surface area (Å²) < 4.78 is 59.2. The fraction of sp³-hybridized carbons (Fsp3) is 0.387. The highest BCUT2D eigenvalue weighted by molar-refractivity contribution is 7.92. The highest BCUT2D eigenvalue weighted by Gasteiger charge is 2.25. The van der Waals surface area contributed by atoms with Gasteiger partial charge in [0.1, 0.15) is 23.1 Å². The SMILES string of the molecule is CCCCN(C(=O)NC1CCN(Cc2ccc(Oc3ccc(NS(C)(=O)=O)cc3C)cc2)CC1)c1ccc(F)cc1F. The summed E-state index contributed by atoms with van der Waals surface area (Å²) in [7, 11) is -3.35. The van der Waals surface area contributed by atoms with Gasteiger partial charge in [0.2, 0.25) is 10.0 Å². The number of hydrogen-bond acceptors (Lipinski definition) is 5. The maximum absolute atomic E-state index is 14.4. The van der Waals surface area contributed by atoms with E-state index < -0.39 is 21.7 Å². The number of carbonyl (C=O) groups is 1. The number of halogens is 2. The van der Waals surface area contributed by atoms with Gasteiger partial charge in [-0.3, -0.25) is 14.5 Å². The Hall–Kier alpha value is -3.70. The molecule has 0 unspecified atom stereocenters. The van der Waals surface area contributed by atoms with E-state index >= 15 is 0 Å². The highest BCUT2D eigenvalue weighted by Crippen LogP contribution is 2.28. The molecule has 0 aromatic heterocycles. The van der Waals surface area contributed by atoms with Gasteiger partial charge in [0, 0.05) is 44.0 Å². The molecule has 0 aliphatic carbocycles. The molecule has 2 N–H and O–H groups in total. The van der Waals surface area contributed by atoms with Crippen LogP contribution in [0.15, 0.2) is 60.7 Å². The molecule has 1 saturated heterocycles. The molecule has 0 atom stereocenters. The van der Waals surface area contributed by atoms with E-state index in [-0.39, 0.29) is 17.8 Å². The van der Waals surface area contributed by atoms with Crippen LogP contribution in [0.4, 0.5) is 25.0 Å². The second-order valence-corrected chi connectivity index (χ2v) is 12.4. The number of benzene rings is 3. The summed E-state index contributed by atoms with van der Waals surface area (Å²) in [5.41, 5.74) is 2.51. The van der Waals surface area contributed by atoms with Crippen molar-refractivity contribution >= 4 is 27.4 Å². The van der Waals surface area contributed by atoms with Crippen LogP contribution in [0.2, 0.25) is 0 Å². The minimum Gasteiger partial charge on any atom is -0.457 e. The predicted molar refractivity (Wildman–Crippen MR) is 162 cm³/mol. The van der Waals surface area contributed by atoms with Crippen molar-refractivity contribution in [3.05, 3.63) is 83.4 Å². The summed E-state index contributed by atoms with van der Waals surface area (Å²) in [4.78, 5) is 16.8. The molecular formula is C31H38F2N4O4S. The van der Waals surface area contributed by atoms with Crippen molar-refractivity contribution in [1.82, 2.24) is 10.2 Å². The van der Waals surface area contributed by atoms with E-state index in [4.69, 9.17) is 4.74 Å². The van der Waals surface area contributed by atoms with E-state index in [1.165, 1.54) is 17.0 Å². The Labute approximate surface area is 246 Å². The first-order valence-electron chi connectivity index (χ1n) is 14.1. The van der Waals surface area contributed by atoms with Gasteiger partial charge in [-0.05, 0) is 79.8 Å². The van der Waals surface area contributed by atoms with Crippen molar-refractivity contribution < 1.29 is 26.7 Å². The lowest BCUT2D eigenvalue weighted by Gasteiger charge is -2.34. The van der Waals surface area contributed by atoms with E-state index in [9.17, 15) is 22.0 Å². The second-order valence-electron chi connectivity index (χ2n) is 10.7. The molecule has 42 heavy (non-hydrogen) atoms. The lowest BCUT2D eigenvalue weighted by molar-refractivity contribution is 0.188. The molecule has 11 heteroatoms. The molecule has 0 saturated carbocycles. The van der Waals surface area contributed by atoms with Crippen molar-refractivity contribution in [1.29, 1.82) is 0 Å². The normalized spacial score (nSPS) is 14.4. The molecular weight excluding hydrogens is 562 g/mol. The number of carbonyl (C=O) groups excluding carboxylic acids is 1. The van der Waals surface area contributed by atoms with Crippen molar-refractivity contribution in [2.45, 2.75) is 52.1 Å². The van der Waals surface area contributed by atoms with E-state index in [1.807, 2.05) is 38.1 Å². The van der Waals surface area contributed by atoms with Gasteiger partial charge in [-0.15, -0.1) is 0 Å². The fourth-order valence-corrected chi connectivity index (χ4v) is 5.48. The van der Waals surface area contributed by atoms with Crippen molar-refractivity contribution in [2.75, 3.05) is 35.5 Å². The molecule has 2 amide bonds. The Kier molecular flexibility index (Phi) is 10.4.